The van der Waals surface area contributed by atoms with Crippen LogP contribution in [0.4, 0.5) is 0 Å². The van der Waals surface area contributed by atoms with Crippen LogP contribution >= 0.6 is 0 Å². The number of nitrogens with zero attached hydrogens (tertiary/aromatic N) is 2. The molecule has 0 fully saturated rings. The average molecular weight is 299 g/mol. The van der Waals surface area contributed by atoms with Crippen molar-refractivity contribution < 1.29 is 9.53 Å². The van der Waals surface area contributed by atoms with Crippen LogP contribution < -0.4 is 0 Å². The largest absolute Gasteiger partial charge is 0.464 e. The van der Waals surface area contributed by atoms with Crippen LogP contribution in [0.3, 0.4) is 0 Å². The summed E-state index contributed by atoms with van der Waals surface area (Å²) < 4.78 is 4.79. The number of aromatic nitrogens is 2. The van der Waals surface area contributed by atoms with E-state index in [0.29, 0.717) is 18.3 Å². The third-order valence-electron chi connectivity index (χ3n) is 4.40. The molecular weight excluding hydrogens is 278 g/mol. The fourth-order valence-electron chi connectivity index (χ4n) is 3.27. The van der Waals surface area contributed by atoms with Gasteiger partial charge in [-0.3, -0.25) is 10.00 Å². The van der Waals surface area contributed by atoms with E-state index < -0.39 is 0 Å². The Labute approximate surface area is 130 Å². The second-order valence-corrected chi connectivity index (χ2v) is 5.78. The zero-order valence-corrected chi connectivity index (χ0v) is 13.0. The molecule has 1 N–H and O–H groups in total. The van der Waals surface area contributed by atoms with Gasteiger partial charge in [0.2, 0.25) is 0 Å². The number of nitrogens with one attached hydrogen (secondary N) is 1. The van der Waals surface area contributed by atoms with E-state index in [1.165, 1.54) is 24.7 Å². The molecule has 2 aromatic rings. The molecule has 0 amide bonds. The molecule has 1 aliphatic carbocycles. The summed E-state index contributed by atoms with van der Waals surface area (Å²) in [6.45, 7) is 0.667. The Bertz CT molecular complexity index is 665. The van der Waals surface area contributed by atoms with E-state index in [2.05, 4.69) is 46.4 Å². The maximum atomic E-state index is 11.7. The lowest BCUT2D eigenvalue weighted by atomic mass is 9.87. The number of hydrogen-bond donors (Lipinski definition) is 1. The minimum Gasteiger partial charge on any atom is -0.464 e. The monoisotopic (exact) mass is 299 g/mol. The number of ether oxygens (including phenoxy) is 1. The molecule has 22 heavy (non-hydrogen) atoms. The number of rotatable bonds is 4. The molecule has 0 unspecified atom stereocenters. The van der Waals surface area contributed by atoms with Crippen LogP contribution in [0.1, 0.15) is 46.1 Å². The highest BCUT2D eigenvalue weighted by Crippen LogP contribution is 2.34. The molecule has 1 atom stereocenters. The smallest absolute Gasteiger partial charge is 0.356 e. The Hall–Kier alpha value is -2.14. The Morgan fingerprint density at radius 3 is 3.09 bits per heavy atom. The number of carbonyl (C=O) groups excluding carboxylic acids is 1. The lowest BCUT2D eigenvalue weighted by molar-refractivity contribution is 0.0591. The van der Waals surface area contributed by atoms with Crippen molar-refractivity contribution >= 4 is 5.97 Å². The van der Waals surface area contributed by atoms with Crippen molar-refractivity contribution in [1.82, 2.24) is 15.1 Å². The highest BCUT2D eigenvalue weighted by atomic mass is 16.5. The highest BCUT2D eigenvalue weighted by Gasteiger charge is 2.25. The van der Waals surface area contributed by atoms with Crippen LogP contribution in [0.25, 0.3) is 0 Å². The molecule has 0 saturated heterocycles. The third kappa shape index (κ3) is 2.76. The number of carbonyl (C=O) groups is 1. The van der Waals surface area contributed by atoms with Crippen molar-refractivity contribution in [3.8, 4) is 0 Å². The maximum Gasteiger partial charge on any atom is 0.356 e. The van der Waals surface area contributed by atoms with Gasteiger partial charge in [0.25, 0.3) is 0 Å². The molecule has 0 bridgehead atoms. The number of benzene rings is 1. The summed E-state index contributed by atoms with van der Waals surface area (Å²) in [4.78, 5) is 14.0. The van der Waals surface area contributed by atoms with Crippen molar-refractivity contribution in [2.45, 2.75) is 31.8 Å². The second-order valence-electron chi connectivity index (χ2n) is 5.78. The molecule has 3 rings (SSSR count). The summed E-state index contributed by atoms with van der Waals surface area (Å²) in [7, 11) is 3.48. The molecule has 0 spiro atoms. The number of aromatic amines is 1. The molecule has 1 aromatic heterocycles. The third-order valence-corrected chi connectivity index (χ3v) is 4.40. The molecule has 5 heteroatoms. The quantitative estimate of drug-likeness (QED) is 0.882. The predicted molar refractivity (Wildman–Crippen MR) is 83.5 cm³/mol. The van der Waals surface area contributed by atoms with Gasteiger partial charge in [-0.2, -0.15) is 5.10 Å². The molecule has 116 valence electrons. The first-order chi connectivity index (χ1) is 10.7. The fraction of sp³-hybridized carbons (Fsp3) is 0.412. The SMILES string of the molecule is COC(=O)c1[nH]ncc1CN(C)[C@@H]1CCCc2ccccc21. The van der Waals surface area contributed by atoms with Crippen LogP contribution in [0.5, 0.6) is 0 Å². The van der Waals surface area contributed by atoms with E-state index in [1.807, 2.05) is 0 Å². The number of hydrogen-bond acceptors (Lipinski definition) is 4. The molecule has 0 radical (unpaired) electrons. The van der Waals surface area contributed by atoms with Crippen molar-refractivity contribution in [1.29, 1.82) is 0 Å². The number of fused-ring (bicyclic) bond motifs is 1. The van der Waals surface area contributed by atoms with Gasteiger partial charge in [-0.1, -0.05) is 24.3 Å². The Balaban J connectivity index is 1.80. The predicted octanol–water partition coefficient (Wildman–Crippen LogP) is 2.71. The number of methoxy groups -OCH3 is 1. The zero-order chi connectivity index (χ0) is 15.5. The Morgan fingerprint density at radius 1 is 1.45 bits per heavy atom. The van der Waals surface area contributed by atoms with Crippen LogP contribution in [0, 0.1) is 0 Å². The van der Waals surface area contributed by atoms with Gasteiger partial charge < -0.3 is 4.74 Å². The van der Waals surface area contributed by atoms with Crippen LogP contribution in [-0.2, 0) is 17.7 Å². The normalized spacial score (nSPS) is 17.3. The van der Waals surface area contributed by atoms with Gasteiger partial charge in [-0.25, -0.2) is 4.79 Å². The lowest BCUT2D eigenvalue weighted by Crippen LogP contribution is -2.28. The van der Waals surface area contributed by atoms with Crippen molar-refractivity contribution in [3.63, 3.8) is 0 Å². The van der Waals surface area contributed by atoms with Crippen LogP contribution in [-0.4, -0.2) is 35.2 Å². The summed E-state index contributed by atoms with van der Waals surface area (Å²) in [5, 5.41) is 6.71. The minimum atomic E-state index is -0.370. The van der Waals surface area contributed by atoms with Gasteiger partial charge in [-0.05, 0) is 37.4 Å². The van der Waals surface area contributed by atoms with E-state index >= 15 is 0 Å². The van der Waals surface area contributed by atoms with E-state index in [0.717, 1.165) is 18.4 Å². The van der Waals surface area contributed by atoms with Gasteiger partial charge in [-0.15, -0.1) is 0 Å². The van der Waals surface area contributed by atoms with Gasteiger partial charge in [0.15, 0.2) is 0 Å². The van der Waals surface area contributed by atoms with Crippen molar-refractivity contribution in [2.75, 3.05) is 14.2 Å². The number of aryl methyl sites for hydroxylation is 1. The summed E-state index contributed by atoms with van der Waals surface area (Å²) in [6.07, 6.45) is 5.19. The van der Waals surface area contributed by atoms with Gasteiger partial charge in [0, 0.05) is 18.2 Å². The van der Waals surface area contributed by atoms with E-state index in [4.69, 9.17) is 4.74 Å². The standard InChI is InChI=1S/C17H21N3O2/c1-20(11-13-10-18-19-16(13)17(21)22-2)15-9-5-7-12-6-3-4-8-14(12)15/h3-4,6,8,10,15H,5,7,9,11H2,1-2H3,(H,18,19)/t15-/m1/s1. The molecule has 1 aromatic carbocycles. The van der Waals surface area contributed by atoms with Crippen molar-refractivity contribution in [2.24, 2.45) is 0 Å². The summed E-state index contributed by atoms with van der Waals surface area (Å²) in [5.74, 6) is -0.370. The number of H-pyrrole nitrogens is 1. The summed E-state index contributed by atoms with van der Waals surface area (Å²) >= 11 is 0. The van der Waals surface area contributed by atoms with Gasteiger partial charge >= 0.3 is 5.97 Å². The molecule has 5 nitrogen and oxygen atoms in total. The van der Waals surface area contributed by atoms with Crippen LogP contribution in [0.15, 0.2) is 30.5 Å². The first kappa shape index (κ1) is 14.8. The van der Waals surface area contributed by atoms with E-state index in [-0.39, 0.29) is 5.97 Å². The van der Waals surface area contributed by atoms with Gasteiger partial charge in [0.05, 0.1) is 13.3 Å². The molecule has 1 heterocycles. The molecule has 1 aliphatic rings. The minimum absolute atomic E-state index is 0.370. The fourth-order valence-corrected chi connectivity index (χ4v) is 3.27. The first-order valence-corrected chi connectivity index (χ1v) is 7.59. The summed E-state index contributed by atoms with van der Waals surface area (Å²) in [6, 6.07) is 9.01. The topological polar surface area (TPSA) is 58.2 Å². The Kier molecular flexibility index (Phi) is 4.24. The van der Waals surface area contributed by atoms with E-state index in [1.54, 1.807) is 6.20 Å². The summed E-state index contributed by atoms with van der Waals surface area (Å²) in [5.41, 5.74) is 4.15. The molecule has 0 aliphatic heterocycles. The highest BCUT2D eigenvalue weighted by molar-refractivity contribution is 5.88. The lowest BCUT2D eigenvalue weighted by Gasteiger charge is -2.33. The van der Waals surface area contributed by atoms with Gasteiger partial charge in [0.1, 0.15) is 5.69 Å². The van der Waals surface area contributed by atoms with Crippen LogP contribution in [0.2, 0.25) is 0 Å². The zero-order valence-electron chi connectivity index (χ0n) is 13.0. The van der Waals surface area contributed by atoms with Crippen molar-refractivity contribution in [3.05, 3.63) is 52.8 Å². The average Bonchev–Trinajstić information content (AvgIpc) is 3.01. The second kappa shape index (κ2) is 6.32. The molecule has 0 saturated carbocycles. The Morgan fingerprint density at radius 2 is 2.27 bits per heavy atom. The first-order valence-electron chi connectivity index (χ1n) is 7.59. The van der Waals surface area contributed by atoms with E-state index in [9.17, 15) is 4.79 Å². The molecular formula is C17H21N3O2. The maximum absolute atomic E-state index is 11.7. The number of esters is 1.